The van der Waals surface area contributed by atoms with Crippen LogP contribution >= 0.6 is 15.9 Å². The lowest BCUT2D eigenvalue weighted by Crippen LogP contribution is -2.04. The molecule has 19 heavy (non-hydrogen) atoms. The van der Waals surface area contributed by atoms with Gasteiger partial charge in [0.05, 0.1) is 21.4 Å². The van der Waals surface area contributed by atoms with Gasteiger partial charge in [0.2, 0.25) is 0 Å². The Morgan fingerprint density at radius 2 is 2.05 bits per heavy atom. The predicted octanol–water partition coefficient (Wildman–Crippen LogP) is 2.94. The number of hydrogen-bond acceptors (Lipinski definition) is 4. The molecule has 0 aromatic carbocycles. The molecular formula is C13H18BrN5. The SMILES string of the molecule is CCNc1nc(-c2cn(C)nc2CC)nc(C)c1Br. The number of aromatic nitrogens is 4. The first-order chi connectivity index (χ1) is 9.06. The maximum atomic E-state index is 4.59. The molecule has 0 aliphatic rings. The van der Waals surface area contributed by atoms with Crippen LogP contribution in [0, 0.1) is 6.92 Å². The summed E-state index contributed by atoms with van der Waals surface area (Å²) in [6.07, 6.45) is 2.84. The monoisotopic (exact) mass is 323 g/mol. The molecule has 0 fully saturated rings. The lowest BCUT2D eigenvalue weighted by molar-refractivity contribution is 0.746. The molecule has 0 aliphatic carbocycles. The maximum Gasteiger partial charge on any atom is 0.165 e. The van der Waals surface area contributed by atoms with Crippen molar-refractivity contribution in [1.82, 2.24) is 19.7 Å². The van der Waals surface area contributed by atoms with Crippen molar-refractivity contribution in [1.29, 1.82) is 0 Å². The first kappa shape index (κ1) is 14.0. The van der Waals surface area contributed by atoms with Crippen LogP contribution in [0.15, 0.2) is 10.7 Å². The highest BCUT2D eigenvalue weighted by Gasteiger charge is 2.15. The summed E-state index contributed by atoms with van der Waals surface area (Å²) in [7, 11) is 1.92. The second-order valence-electron chi connectivity index (χ2n) is 4.34. The zero-order chi connectivity index (χ0) is 14.0. The number of aryl methyl sites for hydroxylation is 3. The molecule has 0 amide bonds. The van der Waals surface area contributed by atoms with Crippen LogP contribution < -0.4 is 5.32 Å². The normalized spacial score (nSPS) is 10.8. The largest absolute Gasteiger partial charge is 0.369 e. The van der Waals surface area contributed by atoms with Gasteiger partial charge >= 0.3 is 0 Å². The molecule has 2 aromatic rings. The summed E-state index contributed by atoms with van der Waals surface area (Å²) in [5.74, 6) is 1.55. The lowest BCUT2D eigenvalue weighted by Gasteiger charge is -2.09. The van der Waals surface area contributed by atoms with E-state index in [4.69, 9.17) is 0 Å². The van der Waals surface area contributed by atoms with Crippen molar-refractivity contribution in [2.45, 2.75) is 27.2 Å². The molecule has 5 nitrogen and oxygen atoms in total. The first-order valence-electron chi connectivity index (χ1n) is 6.37. The van der Waals surface area contributed by atoms with Crippen LogP contribution in [-0.2, 0) is 13.5 Å². The number of hydrogen-bond donors (Lipinski definition) is 1. The van der Waals surface area contributed by atoms with Gasteiger partial charge in [0.25, 0.3) is 0 Å². The molecule has 0 unspecified atom stereocenters. The summed E-state index contributed by atoms with van der Waals surface area (Å²) < 4.78 is 2.72. The minimum atomic E-state index is 0.724. The number of anilines is 1. The van der Waals surface area contributed by atoms with Crippen molar-refractivity contribution in [2.75, 3.05) is 11.9 Å². The summed E-state index contributed by atoms with van der Waals surface area (Å²) in [6, 6.07) is 0. The summed E-state index contributed by atoms with van der Waals surface area (Å²) in [6.45, 7) is 6.92. The van der Waals surface area contributed by atoms with E-state index in [1.807, 2.05) is 31.8 Å². The van der Waals surface area contributed by atoms with Crippen LogP contribution in [0.5, 0.6) is 0 Å². The Labute approximate surface area is 121 Å². The second-order valence-corrected chi connectivity index (χ2v) is 5.14. The molecule has 2 heterocycles. The fourth-order valence-electron chi connectivity index (χ4n) is 1.95. The van der Waals surface area contributed by atoms with E-state index >= 15 is 0 Å². The highest BCUT2D eigenvalue weighted by Crippen LogP contribution is 2.28. The zero-order valence-electron chi connectivity index (χ0n) is 11.7. The highest BCUT2D eigenvalue weighted by molar-refractivity contribution is 9.10. The van der Waals surface area contributed by atoms with Crippen LogP contribution in [0.2, 0.25) is 0 Å². The number of rotatable bonds is 4. The van der Waals surface area contributed by atoms with E-state index < -0.39 is 0 Å². The van der Waals surface area contributed by atoms with E-state index in [-0.39, 0.29) is 0 Å². The third-order valence-corrected chi connectivity index (χ3v) is 3.79. The van der Waals surface area contributed by atoms with Gasteiger partial charge in [-0.15, -0.1) is 0 Å². The van der Waals surface area contributed by atoms with Crippen molar-refractivity contribution in [3.63, 3.8) is 0 Å². The van der Waals surface area contributed by atoms with Crippen molar-refractivity contribution < 1.29 is 0 Å². The lowest BCUT2D eigenvalue weighted by atomic mass is 10.2. The predicted molar refractivity (Wildman–Crippen MR) is 80.2 cm³/mol. The van der Waals surface area contributed by atoms with Gasteiger partial charge in [-0.3, -0.25) is 4.68 Å². The Kier molecular flexibility index (Phi) is 4.19. The van der Waals surface area contributed by atoms with Gasteiger partial charge in [-0.05, 0) is 36.2 Å². The van der Waals surface area contributed by atoms with Gasteiger partial charge in [-0.25, -0.2) is 9.97 Å². The molecule has 6 heteroatoms. The average molecular weight is 324 g/mol. The highest BCUT2D eigenvalue weighted by atomic mass is 79.9. The Morgan fingerprint density at radius 3 is 2.68 bits per heavy atom. The summed E-state index contributed by atoms with van der Waals surface area (Å²) in [5.41, 5.74) is 2.94. The van der Waals surface area contributed by atoms with Gasteiger partial charge in [-0.2, -0.15) is 5.10 Å². The van der Waals surface area contributed by atoms with Crippen LogP contribution in [-0.4, -0.2) is 26.3 Å². The Bertz CT molecular complexity index is 591. The number of nitrogens with zero attached hydrogens (tertiary/aromatic N) is 4. The molecular weight excluding hydrogens is 306 g/mol. The molecule has 0 spiro atoms. The Balaban J connectivity index is 2.55. The molecule has 0 aliphatic heterocycles. The second kappa shape index (κ2) is 5.69. The molecule has 0 atom stereocenters. The van der Waals surface area contributed by atoms with Crippen LogP contribution in [0.3, 0.4) is 0 Å². The van der Waals surface area contributed by atoms with Gasteiger partial charge < -0.3 is 5.32 Å². The van der Waals surface area contributed by atoms with E-state index in [1.54, 1.807) is 0 Å². The topological polar surface area (TPSA) is 55.6 Å². The van der Waals surface area contributed by atoms with Crippen molar-refractivity contribution >= 4 is 21.7 Å². The van der Waals surface area contributed by atoms with Crippen LogP contribution in [0.25, 0.3) is 11.4 Å². The molecule has 0 saturated carbocycles. The molecule has 0 saturated heterocycles. The number of nitrogens with one attached hydrogen (secondary N) is 1. The standard InChI is InChI=1S/C13H18BrN5/c1-5-10-9(7-19(4)18-10)12-16-8(3)11(14)13(17-12)15-6-2/h7H,5-6H2,1-4H3,(H,15,16,17). The van der Waals surface area contributed by atoms with Gasteiger partial charge in [-0.1, -0.05) is 6.92 Å². The summed E-state index contributed by atoms with van der Waals surface area (Å²) in [4.78, 5) is 9.15. The molecule has 2 aromatic heterocycles. The molecule has 1 N–H and O–H groups in total. The molecule has 0 radical (unpaired) electrons. The fraction of sp³-hybridized carbons (Fsp3) is 0.462. The quantitative estimate of drug-likeness (QED) is 0.939. The Morgan fingerprint density at radius 1 is 1.32 bits per heavy atom. The average Bonchev–Trinajstić information content (AvgIpc) is 2.76. The van der Waals surface area contributed by atoms with E-state index in [1.165, 1.54) is 0 Å². The third kappa shape index (κ3) is 2.78. The van der Waals surface area contributed by atoms with Crippen molar-refractivity contribution in [3.8, 4) is 11.4 Å². The Hall–Kier alpha value is -1.43. The smallest absolute Gasteiger partial charge is 0.165 e. The van der Waals surface area contributed by atoms with E-state index in [2.05, 4.69) is 43.2 Å². The third-order valence-electron chi connectivity index (χ3n) is 2.84. The van der Waals surface area contributed by atoms with Gasteiger partial charge in [0, 0.05) is 19.8 Å². The molecule has 102 valence electrons. The molecule has 0 bridgehead atoms. The summed E-state index contributed by atoms with van der Waals surface area (Å²) >= 11 is 3.52. The van der Waals surface area contributed by atoms with E-state index in [9.17, 15) is 0 Å². The maximum absolute atomic E-state index is 4.59. The molecule has 2 rings (SSSR count). The van der Waals surface area contributed by atoms with Gasteiger partial charge in [0.1, 0.15) is 5.82 Å². The van der Waals surface area contributed by atoms with Crippen molar-refractivity contribution in [2.24, 2.45) is 7.05 Å². The first-order valence-corrected chi connectivity index (χ1v) is 7.17. The van der Waals surface area contributed by atoms with E-state index in [0.717, 1.165) is 46.0 Å². The fourth-order valence-corrected chi connectivity index (χ4v) is 2.26. The summed E-state index contributed by atoms with van der Waals surface area (Å²) in [5, 5.41) is 7.68. The van der Waals surface area contributed by atoms with Gasteiger partial charge in [0.15, 0.2) is 5.82 Å². The minimum absolute atomic E-state index is 0.724. The minimum Gasteiger partial charge on any atom is -0.369 e. The number of halogens is 1. The van der Waals surface area contributed by atoms with Crippen molar-refractivity contribution in [3.05, 3.63) is 22.1 Å². The van der Waals surface area contributed by atoms with E-state index in [0.29, 0.717) is 0 Å². The zero-order valence-corrected chi connectivity index (χ0v) is 13.2. The van der Waals surface area contributed by atoms with Crippen LogP contribution in [0.1, 0.15) is 25.2 Å². The van der Waals surface area contributed by atoms with Crippen LogP contribution in [0.4, 0.5) is 5.82 Å².